The van der Waals surface area contributed by atoms with Crippen LogP contribution in [-0.4, -0.2) is 41.9 Å². The Hall–Kier alpha value is -0.250. The van der Waals surface area contributed by atoms with E-state index in [-0.39, 0.29) is 5.97 Å². The van der Waals surface area contributed by atoms with Gasteiger partial charge >= 0.3 is 19.4 Å². The number of benzene rings is 1. The average molecular weight is 392 g/mol. The summed E-state index contributed by atoms with van der Waals surface area (Å²) in [6, 6.07) is 9.58. The molecule has 128 valence electrons. The second-order valence-corrected chi connectivity index (χ2v) is 8.49. The van der Waals surface area contributed by atoms with E-state index in [4.69, 9.17) is 34.1 Å². The second kappa shape index (κ2) is 12.2. The molecule has 0 saturated heterocycles. The van der Waals surface area contributed by atoms with Crippen LogP contribution in [0.2, 0.25) is 0 Å². The highest BCUT2D eigenvalue weighted by Crippen LogP contribution is 2.26. The third-order valence-corrected chi connectivity index (χ3v) is 1.50. The van der Waals surface area contributed by atoms with E-state index in [9.17, 15) is 4.79 Å². The third kappa shape index (κ3) is 31.9. The Balaban J connectivity index is 0. The molecular weight excluding hydrogens is 374 g/mol. The maximum Gasteiger partial charge on any atom is 0.319 e. The van der Waals surface area contributed by atoms with Crippen LogP contribution in [0, 0.1) is 0 Å². The van der Waals surface area contributed by atoms with Gasteiger partial charge in [-0.1, -0.05) is 30.3 Å². The molecule has 8 nitrogen and oxygen atoms in total. The molecule has 0 saturated carbocycles. The van der Waals surface area contributed by atoms with Crippen molar-refractivity contribution in [2.24, 2.45) is 0 Å². The Morgan fingerprint density at radius 1 is 1.00 bits per heavy atom. The monoisotopic (exact) mass is 392 g/mol. The molecule has 6 N–H and O–H groups in total. The largest absolute Gasteiger partial charge is 0.466 e. The molecule has 1 aromatic carbocycles. The highest BCUT2D eigenvalue weighted by atomic mass is 32.5. The van der Waals surface area contributed by atoms with E-state index in [0.29, 0.717) is 13.0 Å². The van der Waals surface area contributed by atoms with Crippen LogP contribution in [-0.2, 0) is 39.6 Å². The number of rotatable bonds is 3. The van der Waals surface area contributed by atoms with Gasteiger partial charge in [-0.2, -0.15) is 0 Å². The van der Waals surface area contributed by atoms with Crippen LogP contribution in [0.3, 0.4) is 0 Å². The van der Waals surface area contributed by atoms with Crippen molar-refractivity contribution in [3.8, 4) is 0 Å². The fraction of sp³-hybridized carbons (Fsp3) is 0.300. The van der Waals surface area contributed by atoms with Crippen LogP contribution in [0.1, 0.15) is 12.5 Å². The van der Waals surface area contributed by atoms with Gasteiger partial charge in [0.15, 0.2) is 0 Å². The first-order valence-electron chi connectivity index (χ1n) is 5.59. The van der Waals surface area contributed by atoms with Crippen molar-refractivity contribution in [3.05, 3.63) is 35.9 Å². The summed E-state index contributed by atoms with van der Waals surface area (Å²) in [5.41, 5.74) is 0.996. The first-order chi connectivity index (χ1) is 9.83. The lowest BCUT2D eigenvalue weighted by Crippen LogP contribution is -2.06. The van der Waals surface area contributed by atoms with Gasteiger partial charge in [0.25, 0.3) is 0 Å². The van der Waals surface area contributed by atoms with Crippen LogP contribution in [0.4, 0.5) is 0 Å². The third-order valence-electron chi connectivity index (χ3n) is 1.50. The van der Waals surface area contributed by atoms with E-state index in [2.05, 4.69) is 23.6 Å². The Morgan fingerprint density at radius 2 is 1.36 bits per heavy atom. The van der Waals surface area contributed by atoms with E-state index < -0.39 is 13.4 Å². The number of carbonyl (C=O) groups is 1. The van der Waals surface area contributed by atoms with Crippen LogP contribution in [0.15, 0.2) is 30.3 Å². The normalized spacial score (nSPS) is 10.5. The summed E-state index contributed by atoms with van der Waals surface area (Å²) in [6.45, 7) is -5.35. The summed E-state index contributed by atoms with van der Waals surface area (Å²) in [5, 5.41) is 0. The number of carbonyl (C=O) groups excluding carboxylic acids is 1. The molecule has 22 heavy (non-hydrogen) atoms. The summed E-state index contributed by atoms with van der Waals surface area (Å²) in [6.07, 6.45) is 0.370. The number of ether oxygens (including phenoxy) is 1. The fourth-order valence-corrected chi connectivity index (χ4v) is 0.975. The molecule has 0 unspecified atom stereocenters. The molecule has 0 aliphatic carbocycles. The highest BCUT2D eigenvalue weighted by molar-refractivity contribution is 8.06. The zero-order valence-electron chi connectivity index (χ0n) is 11.5. The minimum atomic E-state index is -3.81. The van der Waals surface area contributed by atoms with Gasteiger partial charge in [-0.15, -0.1) is 0 Å². The summed E-state index contributed by atoms with van der Waals surface area (Å²) in [5.74, 6) is -0.163. The van der Waals surface area contributed by atoms with Crippen molar-refractivity contribution >= 4 is 43.0 Å². The van der Waals surface area contributed by atoms with Crippen LogP contribution in [0.25, 0.3) is 0 Å². The maximum atomic E-state index is 11.0. The van der Waals surface area contributed by atoms with Crippen molar-refractivity contribution in [1.82, 2.24) is 0 Å². The quantitative estimate of drug-likeness (QED) is 0.311. The van der Waals surface area contributed by atoms with Crippen LogP contribution in [0.5, 0.6) is 0 Å². The number of hydrogen-bond acceptors (Lipinski definition) is 4. The van der Waals surface area contributed by atoms with Crippen molar-refractivity contribution in [2.75, 3.05) is 6.61 Å². The first-order valence-corrected chi connectivity index (χ1v) is 10.9. The van der Waals surface area contributed by atoms with Crippen LogP contribution >= 0.6 is 13.4 Å². The first kappa shape index (κ1) is 24.0. The molecule has 0 aromatic heterocycles. The molecule has 0 aliphatic rings. The average Bonchev–Trinajstić information content (AvgIpc) is 2.25. The van der Waals surface area contributed by atoms with Crippen molar-refractivity contribution in [1.29, 1.82) is 0 Å². The maximum absolute atomic E-state index is 11.0. The van der Waals surface area contributed by atoms with Gasteiger partial charge in [0.2, 0.25) is 0 Å². The van der Waals surface area contributed by atoms with Gasteiger partial charge in [0.1, 0.15) is 0 Å². The Labute approximate surface area is 138 Å². The van der Waals surface area contributed by atoms with Crippen molar-refractivity contribution in [2.45, 2.75) is 13.3 Å². The number of esters is 1. The SMILES string of the molecule is CCOC(=O)Cc1ccccc1.OP(O)(O)=S.OP(O)(O)=S. The Kier molecular flexibility index (Phi) is 13.3. The molecule has 1 aromatic rings. The van der Waals surface area contributed by atoms with Gasteiger partial charge in [0.05, 0.1) is 13.0 Å². The minimum Gasteiger partial charge on any atom is -0.466 e. The molecule has 0 aliphatic heterocycles. The van der Waals surface area contributed by atoms with E-state index >= 15 is 0 Å². The zero-order valence-corrected chi connectivity index (χ0v) is 14.9. The van der Waals surface area contributed by atoms with E-state index in [1.165, 1.54) is 0 Å². The number of hydrogen-bond donors (Lipinski definition) is 6. The molecule has 0 bridgehead atoms. The fourth-order valence-electron chi connectivity index (χ4n) is 0.975. The Morgan fingerprint density at radius 3 is 1.68 bits per heavy atom. The van der Waals surface area contributed by atoms with Gasteiger partial charge in [-0.3, -0.25) is 4.79 Å². The van der Waals surface area contributed by atoms with Gasteiger partial charge in [0, 0.05) is 0 Å². The molecule has 0 atom stereocenters. The molecular formula is C10H18O8P2S2. The summed E-state index contributed by atoms with van der Waals surface area (Å²) < 4.78 is 4.81. The van der Waals surface area contributed by atoms with E-state index in [1.807, 2.05) is 37.3 Å². The van der Waals surface area contributed by atoms with Gasteiger partial charge in [-0.05, 0) is 36.1 Å². The lowest BCUT2D eigenvalue weighted by atomic mass is 10.2. The second-order valence-electron chi connectivity index (χ2n) is 3.49. The standard InChI is InChI=1S/C10H12O2.2H3O3PS/c1-2-12-10(11)8-9-6-4-3-5-7-9;2*1-4(2,3)5/h3-7H,2,8H2,1H3;2*(H3,1,2,3,5). The minimum absolute atomic E-state index is 0.163. The van der Waals surface area contributed by atoms with E-state index in [1.54, 1.807) is 0 Å². The predicted molar refractivity (Wildman–Crippen MR) is 88.7 cm³/mol. The topological polar surface area (TPSA) is 148 Å². The molecule has 0 fully saturated rings. The van der Waals surface area contributed by atoms with Gasteiger partial charge in [-0.25, -0.2) is 0 Å². The summed E-state index contributed by atoms with van der Waals surface area (Å²) in [4.78, 5) is 56.3. The smallest absolute Gasteiger partial charge is 0.319 e. The van der Waals surface area contributed by atoms with Crippen molar-refractivity contribution in [3.63, 3.8) is 0 Å². The van der Waals surface area contributed by atoms with Crippen molar-refractivity contribution < 1.29 is 38.9 Å². The van der Waals surface area contributed by atoms with Gasteiger partial charge < -0.3 is 34.1 Å². The molecule has 0 amide bonds. The molecule has 1 rings (SSSR count). The summed E-state index contributed by atoms with van der Waals surface area (Å²) >= 11 is 7.21. The predicted octanol–water partition coefficient (Wildman–Crippen LogP) is 0.168. The Bertz CT molecular complexity index is 476. The molecule has 0 radical (unpaired) electrons. The molecule has 0 heterocycles. The van der Waals surface area contributed by atoms with E-state index in [0.717, 1.165) is 5.56 Å². The summed E-state index contributed by atoms with van der Waals surface area (Å²) in [7, 11) is 0. The zero-order chi connectivity index (χ0) is 17.8. The lowest BCUT2D eigenvalue weighted by molar-refractivity contribution is -0.142. The highest BCUT2D eigenvalue weighted by Gasteiger charge is 2.01. The lowest BCUT2D eigenvalue weighted by Gasteiger charge is -2.00. The van der Waals surface area contributed by atoms with Crippen LogP contribution < -0.4 is 0 Å². The molecule has 0 spiro atoms. The molecule has 12 heteroatoms.